The zero-order chi connectivity index (χ0) is 17.9. The SMILES string of the molecule is CCOc1ccc2[nH]c(=O)n([C@H]3CCCC(O[C@@H]4CCCCO4)C3)c2c1. The molecule has 1 N–H and O–H groups in total. The van der Waals surface area contributed by atoms with Gasteiger partial charge < -0.3 is 19.2 Å². The van der Waals surface area contributed by atoms with E-state index < -0.39 is 0 Å². The van der Waals surface area contributed by atoms with Crippen molar-refractivity contribution in [2.45, 2.75) is 70.3 Å². The number of hydrogen-bond donors (Lipinski definition) is 1. The summed E-state index contributed by atoms with van der Waals surface area (Å²) in [5.41, 5.74) is 1.73. The van der Waals surface area contributed by atoms with Gasteiger partial charge in [-0.25, -0.2) is 4.79 Å². The molecule has 2 aliphatic rings. The molecule has 1 aromatic heterocycles. The lowest BCUT2D eigenvalue weighted by Crippen LogP contribution is -2.34. The number of ether oxygens (including phenoxy) is 3. The van der Waals surface area contributed by atoms with E-state index in [0.717, 1.165) is 61.9 Å². The second kappa shape index (κ2) is 7.84. The number of aromatic nitrogens is 2. The molecular formula is C20H28N2O4. The topological polar surface area (TPSA) is 65.5 Å². The van der Waals surface area contributed by atoms with E-state index in [1.165, 1.54) is 6.42 Å². The van der Waals surface area contributed by atoms with Crippen molar-refractivity contribution in [2.24, 2.45) is 0 Å². The monoisotopic (exact) mass is 360 g/mol. The van der Waals surface area contributed by atoms with E-state index in [1.807, 2.05) is 29.7 Å². The molecule has 0 radical (unpaired) electrons. The molecule has 1 aliphatic carbocycles. The van der Waals surface area contributed by atoms with Gasteiger partial charge in [0.25, 0.3) is 0 Å². The van der Waals surface area contributed by atoms with E-state index in [2.05, 4.69) is 4.98 Å². The molecule has 1 saturated heterocycles. The largest absolute Gasteiger partial charge is 0.494 e. The molecule has 26 heavy (non-hydrogen) atoms. The van der Waals surface area contributed by atoms with Crippen molar-refractivity contribution in [2.75, 3.05) is 13.2 Å². The molecule has 1 saturated carbocycles. The number of rotatable bonds is 5. The first-order chi connectivity index (χ1) is 12.7. The number of imidazole rings is 1. The Hall–Kier alpha value is -1.79. The Bertz CT molecular complexity index is 791. The smallest absolute Gasteiger partial charge is 0.326 e. The fourth-order valence-corrected chi connectivity index (χ4v) is 4.23. The summed E-state index contributed by atoms with van der Waals surface area (Å²) in [5.74, 6) is 0.798. The molecule has 0 bridgehead atoms. The summed E-state index contributed by atoms with van der Waals surface area (Å²) in [5, 5.41) is 0. The quantitative estimate of drug-likeness (QED) is 0.882. The van der Waals surface area contributed by atoms with Crippen molar-refractivity contribution in [3.8, 4) is 5.75 Å². The summed E-state index contributed by atoms with van der Waals surface area (Å²) in [6.45, 7) is 3.37. The Morgan fingerprint density at radius 1 is 1.23 bits per heavy atom. The van der Waals surface area contributed by atoms with Gasteiger partial charge in [0.05, 0.1) is 23.7 Å². The summed E-state index contributed by atoms with van der Waals surface area (Å²) in [7, 11) is 0. The highest BCUT2D eigenvalue weighted by atomic mass is 16.7. The van der Waals surface area contributed by atoms with E-state index in [-0.39, 0.29) is 24.1 Å². The van der Waals surface area contributed by atoms with Crippen LogP contribution in [0.5, 0.6) is 5.75 Å². The third kappa shape index (κ3) is 3.67. The molecule has 2 heterocycles. The fourth-order valence-electron chi connectivity index (χ4n) is 4.23. The molecule has 3 atom stereocenters. The zero-order valence-electron chi connectivity index (χ0n) is 15.4. The van der Waals surface area contributed by atoms with Gasteiger partial charge in [-0.05, 0) is 64.0 Å². The minimum atomic E-state index is -0.0725. The summed E-state index contributed by atoms with van der Waals surface area (Å²) in [4.78, 5) is 15.6. The van der Waals surface area contributed by atoms with Crippen LogP contribution >= 0.6 is 0 Å². The highest BCUT2D eigenvalue weighted by Gasteiger charge is 2.29. The van der Waals surface area contributed by atoms with Crippen molar-refractivity contribution in [3.63, 3.8) is 0 Å². The highest BCUT2D eigenvalue weighted by molar-refractivity contribution is 5.77. The van der Waals surface area contributed by atoms with Crippen LogP contribution in [0.3, 0.4) is 0 Å². The maximum Gasteiger partial charge on any atom is 0.326 e. The van der Waals surface area contributed by atoms with Crippen LogP contribution < -0.4 is 10.4 Å². The van der Waals surface area contributed by atoms with Gasteiger partial charge in [-0.15, -0.1) is 0 Å². The molecule has 1 unspecified atom stereocenters. The fraction of sp³-hybridized carbons (Fsp3) is 0.650. The first kappa shape index (κ1) is 17.6. The third-order valence-corrected chi connectivity index (χ3v) is 5.45. The second-order valence-electron chi connectivity index (χ2n) is 7.29. The van der Waals surface area contributed by atoms with Gasteiger partial charge in [0.2, 0.25) is 0 Å². The van der Waals surface area contributed by atoms with Crippen LogP contribution in [0.1, 0.15) is 57.9 Å². The number of hydrogen-bond acceptors (Lipinski definition) is 4. The van der Waals surface area contributed by atoms with E-state index in [4.69, 9.17) is 14.2 Å². The number of H-pyrrole nitrogens is 1. The molecule has 1 aromatic carbocycles. The second-order valence-corrected chi connectivity index (χ2v) is 7.29. The minimum Gasteiger partial charge on any atom is -0.494 e. The van der Waals surface area contributed by atoms with Gasteiger partial charge in [-0.2, -0.15) is 0 Å². The van der Waals surface area contributed by atoms with E-state index in [0.29, 0.717) is 6.61 Å². The van der Waals surface area contributed by atoms with Crippen LogP contribution in [0.25, 0.3) is 11.0 Å². The van der Waals surface area contributed by atoms with Crippen LogP contribution in [-0.2, 0) is 9.47 Å². The van der Waals surface area contributed by atoms with Gasteiger partial charge in [-0.1, -0.05) is 0 Å². The van der Waals surface area contributed by atoms with Crippen LogP contribution in [0, 0.1) is 0 Å². The average Bonchev–Trinajstić information content (AvgIpc) is 2.98. The zero-order valence-corrected chi connectivity index (χ0v) is 15.4. The Kier molecular flexibility index (Phi) is 5.31. The van der Waals surface area contributed by atoms with Crippen LogP contribution in [-0.4, -0.2) is 35.2 Å². The molecular weight excluding hydrogens is 332 g/mol. The van der Waals surface area contributed by atoms with Crippen molar-refractivity contribution < 1.29 is 14.2 Å². The summed E-state index contributed by atoms with van der Waals surface area (Å²) >= 11 is 0. The van der Waals surface area contributed by atoms with Crippen LogP contribution in [0.4, 0.5) is 0 Å². The van der Waals surface area contributed by atoms with E-state index in [1.54, 1.807) is 0 Å². The van der Waals surface area contributed by atoms with Gasteiger partial charge in [0.15, 0.2) is 6.29 Å². The maximum atomic E-state index is 12.6. The summed E-state index contributed by atoms with van der Waals surface area (Å²) in [6, 6.07) is 5.94. The van der Waals surface area contributed by atoms with Crippen molar-refractivity contribution in [3.05, 3.63) is 28.7 Å². The molecule has 4 rings (SSSR count). The molecule has 0 amide bonds. The van der Waals surface area contributed by atoms with Gasteiger partial charge >= 0.3 is 5.69 Å². The average molecular weight is 360 g/mol. The molecule has 6 heteroatoms. The minimum absolute atomic E-state index is 0.0479. The summed E-state index contributed by atoms with van der Waals surface area (Å²) in [6.07, 6.45) is 7.31. The van der Waals surface area contributed by atoms with Crippen LogP contribution in [0.15, 0.2) is 23.0 Å². The molecule has 1 aliphatic heterocycles. The number of nitrogens with zero attached hydrogens (tertiary/aromatic N) is 1. The van der Waals surface area contributed by atoms with Gasteiger partial charge in [0, 0.05) is 18.7 Å². The first-order valence-electron chi connectivity index (χ1n) is 9.88. The standard InChI is InChI=1S/C20H28N2O4/c1-2-24-15-9-10-17-18(13-15)22(20(23)21-17)14-6-5-7-16(12-14)26-19-8-3-4-11-25-19/h9-10,13-14,16,19H,2-8,11-12H2,1H3,(H,21,23)/t14-,16?,19+/m0/s1. The van der Waals surface area contributed by atoms with Crippen molar-refractivity contribution >= 4 is 11.0 Å². The highest BCUT2D eigenvalue weighted by Crippen LogP contribution is 2.33. The van der Waals surface area contributed by atoms with Crippen LogP contribution in [0.2, 0.25) is 0 Å². The molecule has 142 valence electrons. The lowest BCUT2D eigenvalue weighted by Gasteiger charge is -2.33. The Morgan fingerprint density at radius 2 is 2.15 bits per heavy atom. The third-order valence-electron chi connectivity index (χ3n) is 5.45. The number of aromatic amines is 1. The normalized spacial score (nSPS) is 26.9. The Labute approximate surface area is 153 Å². The molecule has 2 fully saturated rings. The van der Waals surface area contributed by atoms with E-state index >= 15 is 0 Å². The maximum absolute atomic E-state index is 12.6. The molecule has 2 aromatic rings. The number of benzene rings is 1. The predicted molar refractivity (Wildman–Crippen MR) is 99.7 cm³/mol. The lowest BCUT2D eigenvalue weighted by molar-refractivity contribution is -0.195. The predicted octanol–water partition coefficient (Wildman–Crippen LogP) is 3.76. The Morgan fingerprint density at radius 3 is 2.96 bits per heavy atom. The van der Waals surface area contributed by atoms with Crippen molar-refractivity contribution in [1.82, 2.24) is 9.55 Å². The summed E-state index contributed by atoms with van der Waals surface area (Å²) < 4.78 is 19.4. The first-order valence-corrected chi connectivity index (χ1v) is 9.88. The van der Waals surface area contributed by atoms with Crippen molar-refractivity contribution in [1.29, 1.82) is 0 Å². The van der Waals surface area contributed by atoms with E-state index in [9.17, 15) is 4.79 Å². The molecule has 0 spiro atoms. The van der Waals surface area contributed by atoms with Gasteiger partial charge in [-0.3, -0.25) is 4.57 Å². The van der Waals surface area contributed by atoms with Gasteiger partial charge in [0.1, 0.15) is 5.75 Å². The Balaban J connectivity index is 1.54. The molecule has 6 nitrogen and oxygen atoms in total. The number of nitrogens with one attached hydrogen (secondary N) is 1. The lowest BCUT2D eigenvalue weighted by atomic mass is 9.92. The number of fused-ring (bicyclic) bond motifs is 1.